The van der Waals surface area contributed by atoms with Crippen LogP contribution in [-0.4, -0.2) is 50.4 Å². The van der Waals surface area contributed by atoms with Crippen LogP contribution in [-0.2, 0) is 16.0 Å². The Bertz CT molecular complexity index is 1020. The van der Waals surface area contributed by atoms with Gasteiger partial charge in [-0.2, -0.15) is 0 Å². The third kappa shape index (κ3) is 5.85. The van der Waals surface area contributed by atoms with Gasteiger partial charge in [-0.25, -0.2) is 9.97 Å². The van der Waals surface area contributed by atoms with Crippen molar-refractivity contribution in [2.24, 2.45) is 0 Å². The topological polar surface area (TPSA) is 93.1 Å². The lowest BCUT2D eigenvalue weighted by Crippen LogP contribution is -2.42. The maximum absolute atomic E-state index is 12.7. The van der Waals surface area contributed by atoms with Crippen molar-refractivity contribution in [3.63, 3.8) is 0 Å². The van der Waals surface area contributed by atoms with Gasteiger partial charge in [0, 0.05) is 36.2 Å². The van der Waals surface area contributed by atoms with Crippen molar-refractivity contribution in [1.29, 1.82) is 0 Å². The molecule has 0 aromatic carbocycles. The lowest BCUT2D eigenvalue weighted by Gasteiger charge is -2.32. The molecule has 8 heteroatoms. The van der Waals surface area contributed by atoms with Crippen LogP contribution in [0.4, 0.5) is 11.6 Å². The van der Waals surface area contributed by atoms with E-state index in [1.54, 1.807) is 12.4 Å². The molecule has 0 bridgehead atoms. The number of rotatable bonds is 7. The standard InChI is InChI=1S/C24H28N6O2/c1-17-14-18(2)28-24(27-17)29-20-9-10-21(26-15-20)22-16-30(12-13-32-22)23(31)8-5-7-19-6-3-4-11-25-19/h3-4,6,9-11,14-15,22H,5,7-8,12-13,16H2,1-2H3,(H,27,28,29)/t22-/m0/s1. The van der Waals surface area contributed by atoms with Crippen LogP contribution in [0.2, 0.25) is 0 Å². The fourth-order valence-electron chi connectivity index (χ4n) is 3.76. The molecule has 4 rings (SSSR count). The highest BCUT2D eigenvalue weighted by atomic mass is 16.5. The number of ether oxygens (including phenoxy) is 1. The largest absolute Gasteiger partial charge is 0.368 e. The van der Waals surface area contributed by atoms with Gasteiger partial charge in [0.1, 0.15) is 6.10 Å². The van der Waals surface area contributed by atoms with E-state index >= 15 is 0 Å². The van der Waals surface area contributed by atoms with E-state index in [-0.39, 0.29) is 12.0 Å². The second kappa shape index (κ2) is 10.3. The first-order valence-corrected chi connectivity index (χ1v) is 10.9. The van der Waals surface area contributed by atoms with E-state index in [1.165, 1.54) is 0 Å². The van der Waals surface area contributed by atoms with Crippen molar-refractivity contribution in [3.8, 4) is 0 Å². The fraction of sp³-hybridized carbons (Fsp3) is 0.375. The van der Waals surface area contributed by atoms with Crippen LogP contribution in [0.25, 0.3) is 0 Å². The van der Waals surface area contributed by atoms with E-state index in [4.69, 9.17) is 4.74 Å². The second-order valence-corrected chi connectivity index (χ2v) is 7.94. The highest BCUT2D eigenvalue weighted by Crippen LogP contribution is 2.23. The number of aryl methyl sites for hydroxylation is 3. The quantitative estimate of drug-likeness (QED) is 0.610. The first-order chi connectivity index (χ1) is 15.6. The predicted molar refractivity (Wildman–Crippen MR) is 121 cm³/mol. The fourth-order valence-corrected chi connectivity index (χ4v) is 3.76. The molecular formula is C24H28N6O2. The summed E-state index contributed by atoms with van der Waals surface area (Å²) in [4.78, 5) is 32.2. The summed E-state index contributed by atoms with van der Waals surface area (Å²) in [6, 6.07) is 11.6. The lowest BCUT2D eigenvalue weighted by molar-refractivity contribution is -0.139. The van der Waals surface area contributed by atoms with E-state index in [9.17, 15) is 4.79 Å². The Morgan fingerprint density at radius 1 is 1.16 bits per heavy atom. The number of nitrogens with one attached hydrogen (secondary N) is 1. The van der Waals surface area contributed by atoms with Crippen LogP contribution in [0.5, 0.6) is 0 Å². The molecule has 1 amide bonds. The number of amides is 1. The number of nitrogens with zero attached hydrogens (tertiary/aromatic N) is 5. The van der Waals surface area contributed by atoms with Crippen LogP contribution in [0.15, 0.2) is 48.8 Å². The van der Waals surface area contributed by atoms with Crippen molar-refractivity contribution >= 4 is 17.5 Å². The number of carbonyl (C=O) groups is 1. The molecule has 166 valence electrons. The van der Waals surface area contributed by atoms with E-state index in [0.29, 0.717) is 32.1 Å². The second-order valence-electron chi connectivity index (χ2n) is 7.94. The summed E-state index contributed by atoms with van der Waals surface area (Å²) in [7, 11) is 0. The maximum atomic E-state index is 12.7. The maximum Gasteiger partial charge on any atom is 0.227 e. The molecule has 0 unspecified atom stereocenters. The molecule has 8 nitrogen and oxygen atoms in total. The number of aromatic nitrogens is 4. The molecule has 0 aliphatic carbocycles. The molecule has 1 saturated heterocycles. The summed E-state index contributed by atoms with van der Waals surface area (Å²) in [5, 5.41) is 3.18. The molecule has 1 aliphatic heterocycles. The SMILES string of the molecule is Cc1cc(C)nc(Nc2ccc([C@@H]3CN(C(=O)CCCc4ccccn4)CCO3)nc2)n1. The monoisotopic (exact) mass is 432 g/mol. The highest BCUT2D eigenvalue weighted by Gasteiger charge is 2.26. The van der Waals surface area contributed by atoms with Crippen LogP contribution in [0.3, 0.4) is 0 Å². The smallest absolute Gasteiger partial charge is 0.227 e. The molecule has 0 radical (unpaired) electrons. The molecule has 0 spiro atoms. The normalized spacial score (nSPS) is 16.1. The zero-order chi connectivity index (χ0) is 22.3. The Balaban J connectivity index is 1.31. The first-order valence-electron chi connectivity index (χ1n) is 10.9. The minimum absolute atomic E-state index is 0.152. The Morgan fingerprint density at radius 3 is 2.72 bits per heavy atom. The summed E-state index contributed by atoms with van der Waals surface area (Å²) in [5.41, 5.74) is 4.44. The molecule has 1 N–H and O–H groups in total. The summed E-state index contributed by atoms with van der Waals surface area (Å²) >= 11 is 0. The summed E-state index contributed by atoms with van der Waals surface area (Å²) in [5.74, 6) is 0.702. The first kappa shape index (κ1) is 21.8. The molecule has 4 heterocycles. The van der Waals surface area contributed by atoms with Crippen LogP contribution in [0.1, 0.15) is 41.7 Å². The molecule has 32 heavy (non-hydrogen) atoms. The number of carbonyl (C=O) groups excluding carboxylic acids is 1. The highest BCUT2D eigenvalue weighted by molar-refractivity contribution is 5.76. The van der Waals surface area contributed by atoms with Crippen molar-refractivity contribution in [3.05, 3.63) is 71.6 Å². The van der Waals surface area contributed by atoms with Crippen molar-refractivity contribution in [1.82, 2.24) is 24.8 Å². The molecule has 1 aliphatic rings. The number of morpholine rings is 1. The van der Waals surface area contributed by atoms with E-state index in [0.717, 1.165) is 41.3 Å². The van der Waals surface area contributed by atoms with Gasteiger partial charge in [-0.15, -0.1) is 0 Å². The predicted octanol–water partition coefficient (Wildman–Crippen LogP) is 3.55. The Labute approximate surface area is 188 Å². The summed E-state index contributed by atoms with van der Waals surface area (Å²) < 4.78 is 5.90. The third-order valence-electron chi connectivity index (χ3n) is 5.32. The zero-order valence-corrected chi connectivity index (χ0v) is 18.5. The van der Waals surface area contributed by atoms with Gasteiger partial charge in [0.25, 0.3) is 0 Å². The van der Waals surface area contributed by atoms with Crippen molar-refractivity contribution in [2.45, 2.75) is 39.2 Å². The molecule has 1 fully saturated rings. The summed E-state index contributed by atoms with van der Waals surface area (Å²) in [6.45, 7) is 5.51. The van der Waals surface area contributed by atoms with Gasteiger partial charge >= 0.3 is 0 Å². The van der Waals surface area contributed by atoms with Crippen molar-refractivity contribution in [2.75, 3.05) is 25.0 Å². The van der Waals surface area contributed by atoms with E-state index in [1.807, 2.05) is 55.1 Å². The molecule has 3 aromatic rings. The number of hydrogen-bond donors (Lipinski definition) is 1. The van der Waals surface area contributed by atoms with Crippen LogP contribution in [0, 0.1) is 13.8 Å². The molecule has 3 aromatic heterocycles. The number of anilines is 2. The average Bonchev–Trinajstić information content (AvgIpc) is 2.80. The Hall–Kier alpha value is -3.39. The van der Waals surface area contributed by atoms with E-state index in [2.05, 4.69) is 25.3 Å². The van der Waals surface area contributed by atoms with Gasteiger partial charge < -0.3 is 15.0 Å². The number of hydrogen-bond acceptors (Lipinski definition) is 7. The Morgan fingerprint density at radius 2 is 2.00 bits per heavy atom. The third-order valence-corrected chi connectivity index (χ3v) is 5.32. The minimum Gasteiger partial charge on any atom is -0.368 e. The Kier molecular flexibility index (Phi) is 7.01. The lowest BCUT2D eigenvalue weighted by atomic mass is 10.1. The van der Waals surface area contributed by atoms with Gasteiger partial charge in [-0.05, 0) is 57.0 Å². The number of pyridine rings is 2. The van der Waals surface area contributed by atoms with Gasteiger partial charge in [-0.3, -0.25) is 14.8 Å². The van der Waals surface area contributed by atoms with E-state index < -0.39 is 0 Å². The van der Waals surface area contributed by atoms with Gasteiger partial charge in [0.15, 0.2) is 0 Å². The molecular weight excluding hydrogens is 404 g/mol. The van der Waals surface area contributed by atoms with Crippen LogP contribution < -0.4 is 5.32 Å². The summed E-state index contributed by atoms with van der Waals surface area (Å²) in [6.07, 6.45) is 5.40. The average molecular weight is 433 g/mol. The van der Waals surface area contributed by atoms with Crippen LogP contribution >= 0.6 is 0 Å². The molecule has 1 atom stereocenters. The zero-order valence-electron chi connectivity index (χ0n) is 18.5. The minimum atomic E-state index is -0.227. The van der Waals surface area contributed by atoms with Gasteiger partial charge in [0.05, 0.1) is 30.7 Å². The van der Waals surface area contributed by atoms with Crippen molar-refractivity contribution < 1.29 is 9.53 Å². The van der Waals surface area contributed by atoms with Gasteiger partial charge in [-0.1, -0.05) is 6.07 Å². The van der Waals surface area contributed by atoms with Gasteiger partial charge in [0.2, 0.25) is 11.9 Å². The molecule has 0 saturated carbocycles.